The van der Waals surface area contributed by atoms with Gasteiger partial charge < -0.3 is 0 Å². The number of H-pyrrole nitrogens is 1. The van der Waals surface area contributed by atoms with Crippen LogP contribution in [0.4, 0.5) is 0 Å². The summed E-state index contributed by atoms with van der Waals surface area (Å²) in [7, 11) is 0. The number of aromatic amines is 1. The molecule has 2 atom stereocenters. The zero-order valence-corrected chi connectivity index (χ0v) is 14.7. The zero-order valence-electron chi connectivity index (χ0n) is 12.5. The normalized spacial score (nSPS) is 28.9. The molecule has 4 rings (SSSR count). The lowest BCUT2D eigenvalue weighted by atomic mass is 9.70. The zero-order chi connectivity index (χ0) is 15.0. The Hall–Kier alpha value is -1.04. The molecule has 0 spiro atoms. The van der Waals surface area contributed by atoms with Crippen LogP contribution in [0.5, 0.6) is 0 Å². The van der Waals surface area contributed by atoms with Gasteiger partial charge in [0.25, 0.3) is 5.56 Å². The molecular weight excluding hydrogens is 375 g/mol. The largest absolute Gasteiger partial charge is 0.294 e. The molecule has 21 heavy (non-hydrogen) atoms. The lowest BCUT2D eigenvalue weighted by molar-refractivity contribution is 0.224. The lowest BCUT2D eigenvalue weighted by Gasteiger charge is -2.34. The van der Waals surface area contributed by atoms with Gasteiger partial charge >= 0.3 is 0 Å². The second-order valence-electron chi connectivity index (χ2n) is 7.17. The van der Waals surface area contributed by atoms with Gasteiger partial charge in [-0.2, -0.15) is 0 Å². The molecule has 2 aromatic rings. The van der Waals surface area contributed by atoms with Gasteiger partial charge in [0.05, 0.1) is 5.69 Å². The van der Waals surface area contributed by atoms with Gasteiger partial charge in [-0.1, -0.05) is 26.8 Å². The third-order valence-corrected chi connectivity index (χ3v) is 6.79. The van der Waals surface area contributed by atoms with Crippen LogP contribution in [0.25, 0.3) is 5.69 Å². The maximum absolute atomic E-state index is 12.9. The number of aromatic nitrogens is 2. The van der Waals surface area contributed by atoms with Crippen LogP contribution in [0.15, 0.2) is 29.1 Å². The highest BCUT2D eigenvalue weighted by Crippen LogP contribution is 2.66. The number of halogens is 1. The fourth-order valence-electron chi connectivity index (χ4n) is 4.44. The number of hydrogen-bond donors (Lipinski definition) is 1. The van der Waals surface area contributed by atoms with E-state index in [4.69, 9.17) is 0 Å². The average molecular weight is 394 g/mol. The molecule has 1 fully saturated rings. The van der Waals surface area contributed by atoms with Crippen LogP contribution in [0.3, 0.4) is 0 Å². The van der Waals surface area contributed by atoms with Crippen LogP contribution in [-0.4, -0.2) is 9.78 Å². The predicted octanol–water partition coefficient (Wildman–Crippen LogP) is 3.95. The number of hydrogen-bond acceptors (Lipinski definition) is 1. The van der Waals surface area contributed by atoms with E-state index in [1.54, 1.807) is 4.68 Å². The van der Waals surface area contributed by atoms with Crippen LogP contribution < -0.4 is 5.56 Å². The van der Waals surface area contributed by atoms with E-state index in [1.165, 1.54) is 12.1 Å². The Morgan fingerprint density at radius 2 is 2.10 bits per heavy atom. The summed E-state index contributed by atoms with van der Waals surface area (Å²) in [5.74, 6) is 0.394. The molecule has 1 N–H and O–H groups in total. The van der Waals surface area contributed by atoms with E-state index in [-0.39, 0.29) is 16.4 Å². The smallest absolute Gasteiger partial charge is 0.274 e. The molecule has 1 saturated carbocycles. The van der Waals surface area contributed by atoms with Gasteiger partial charge in [0.1, 0.15) is 0 Å². The number of rotatable bonds is 1. The van der Waals surface area contributed by atoms with Crippen molar-refractivity contribution < 1.29 is 0 Å². The molecule has 0 aliphatic heterocycles. The van der Waals surface area contributed by atoms with Gasteiger partial charge in [0.15, 0.2) is 0 Å². The maximum atomic E-state index is 12.9. The van der Waals surface area contributed by atoms with E-state index in [2.05, 4.69) is 48.5 Å². The summed E-state index contributed by atoms with van der Waals surface area (Å²) in [6.07, 6.45) is 2.31. The third kappa shape index (κ3) is 1.52. The van der Waals surface area contributed by atoms with Crippen molar-refractivity contribution in [2.24, 2.45) is 5.41 Å². The summed E-state index contributed by atoms with van der Waals surface area (Å²) in [5.41, 5.74) is 3.56. The SMILES string of the molecule is CC1(C)[C@@H]2CC[C@@]1(C)c1[nH]n(-c3cccc(I)c3)c(=O)c12. The van der Waals surface area contributed by atoms with Crippen molar-refractivity contribution >= 4 is 22.6 Å². The first-order chi connectivity index (χ1) is 9.86. The minimum Gasteiger partial charge on any atom is -0.294 e. The Kier molecular flexibility index (Phi) is 2.61. The Morgan fingerprint density at radius 3 is 2.76 bits per heavy atom. The highest BCUT2D eigenvalue weighted by Gasteiger charge is 2.61. The number of fused-ring (bicyclic) bond motifs is 5. The van der Waals surface area contributed by atoms with Crippen molar-refractivity contribution in [3.63, 3.8) is 0 Å². The summed E-state index contributed by atoms with van der Waals surface area (Å²) < 4.78 is 2.87. The van der Waals surface area contributed by atoms with Crippen molar-refractivity contribution in [1.29, 1.82) is 0 Å². The molecule has 1 aromatic carbocycles. The summed E-state index contributed by atoms with van der Waals surface area (Å²) in [4.78, 5) is 12.9. The second kappa shape index (κ2) is 4.03. The van der Waals surface area contributed by atoms with Gasteiger partial charge in [0.2, 0.25) is 0 Å². The summed E-state index contributed by atoms with van der Waals surface area (Å²) in [6.45, 7) is 6.94. The molecule has 2 aliphatic carbocycles. The molecule has 0 saturated heterocycles. The lowest BCUT2D eigenvalue weighted by Crippen LogP contribution is -2.33. The number of nitrogens with zero attached hydrogens (tertiary/aromatic N) is 1. The summed E-state index contributed by atoms with van der Waals surface area (Å²) >= 11 is 2.28. The second-order valence-corrected chi connectivity index (χ2v) is 8.41. The Morgan fingerprint density at radius 1 is 1.33 bits per heavy atom. The molecule has 1 aromatic heterocycles. The van der Waals surface area contributed by atoms with Crippen molar-refractivity contribution in [2.75, 3.05) is 0 Å². The fraction of sp³-hybridized carbons (Fsp3) is 0.471. The van der Waals surface area contributed by atoms with Crippen molar-refractivity contribution in [3.05, 3.63) is 49.4 Å². The summed E-state index contributed by atoms with van der Waals surface area (Å²) in [5, 5.41) is 3.43. The topological polar surface area (TPSA) is 37.8 Å². The molecular formula is C17H19IN2O. The average Bonchev–Trinajstić information content (AvgIpc) is 2.94. The first kappa shape index (κ1) is 13.6. The molecule has 0 radical (unpaired) electrons. The van der Waals surface area contributed by atoms with Crippen LogP contribution in [0.2, 0.25) is 0 Å². The highest BCUT2D eigenvalue weighted by molar-refractivity contribution is 14.1. The van der Waals surface area contributed by atoms with Crippen LogP contribution in [0, 0.1) is 8.99 Å². The fourth-order valence-corrected chi connectivity index (χ4v) is 4.97. The highest BCUT2D eigenvalue weighted by atomic mass is 127. The van der Waals surface area contributed by atoms with Crippen LogP contribution >= 0.6 is 22.6 Å². The first-order valence-electron chi connectivity index (χ1n) is 7.47. The molecule has 0 amide bonds. The molecule has 2 bridgehead atoms. The maximum Gasteiger partial charge on any atom is 0.274 e. The molecule has 3 nitrogen and oxygen atoms in total. The first-order valence-corrected chi connectivity index (χ1v) is 8.55. The Labute approximate surface area is 137 Å². The van der Waals surface area contributed by atoms with E-state index in [0.29, 0.717) is 5.92 Å². The Bertz CT molecular complexity index is 801. The standard InChI is InChI=1S/C17H19IN2O/c1-16(2)12-7-8-17(16,3)14-13(12)15(21)20(19-14)11-6-4-5-10(18)9-11/h4-6,9,12,19H,7-8H2,1-3H3/t12-,17+/m1/s1. The van der Waals surface area contributed by atoms with E-state index in [1.807, 2.05) is 24.3 Å². The van der Waals surface area contributed by atoms with Crippen molar-refractivity contribution in [1.82, 2.24) is 9.78 Å². The molecule has 4 heteroatoms. The molecule has 110 valence electrons. The van der Waals surface area contributed by atoms with Gasteiger partial charge in [-0.3, -0.25) is 9.89 Å². The van der Waals surface area contributed by atoms with Crippen molar-refractivity contribution in [2.45, 2.75) is 44.9 Å². The Balaban J connectivity index is 1.95. The van der Waals surface area contributed by atoms with Crippen LogP contribution in [-0.2, 0) is 5.41 Å². The van der Waals surface area contributed by atoms with Crippen LogP contribution in [0.1, 0.15) is 50.8 Å². The number of nitrogens with one attached hydrogen (secondary N) is 1. The minimum absolute atomic E-state index is 0.0966. The quantitative estimate of drug-likeness (QED) is 0.731. The molecule has 1 heterocycles. The van der Waals surface area contributed by atoms with E-state index in [9.17, 15) is 4.79 Å². The molecule has 2 aliphatic rings. The van der Waals surface area contributed by atoms with E-state index in [0.717, 1.165) is 21.2 Å². The molecule has 0 unspecified atom stereocenters. The predicted molar refractivity (Wildman–Crippen MR) is 92.2 cm³/mol. The van der Waals surface area contributed by atoms with Gasteiger partial charge in [-0.15, -0.1) is 0 Å². The number of benzene rings is 1. The van der Waals surface area contributed by atoms with E-state index >= 15 is 0 Å². The van der Waals surface area contributed by atoms with Crippen molar-refractivity contribution in [3.8, 4) is 5.69 Å². The monoisotopic (exact) mass is 394 g/mol. The van der Waals surface area contributed by atoms with Gasteiger partial charge in [-0.25, -0.2) is 4.68 Å². The van der Waals surface area contributed by atoms with E-state index < -0.39 is 0 Å². The van der Waals surface area contributed by atoms with Gasteiger partial charge in [0, 0.05) is 20.2 Å². The summed E-state index contributed by atoms with van der Waals surface area (Å²) in [6, 6.07) is 8.07. The van der Waals surface area contributed by atoms with Gasteiger partial charge in [-0.05, 0) is 65.0 Å². The minimum atomic E-state index is 0.0966. The third-order valence-electron chi connectivity index (χ3n) is 6.12.